The largest absolute Gasteiger partial charge is 0.492 e. The van der Waals surface area contributed by atoms with Crippen LogP contribution in [0.25, 0.3) is 0 Å². The van der Waals surface area contributed by atoms with Crippen molar-refractivity contribution in [3.63, 3.8) is 0 Å². The highest BCUT2D eigenvalue weighted by Crippen LogP contribution is 2.37. The molecule has 0 bridgehead atoms. The maximum atomic E-state index is 13.1. The first kappa shape index (κ1) is 15.0. The van der Waals surface area contributed by atoms with Gasteiger partial charge < -0.3 is 10.1 Å². The topological polar surface area (TPSA) is 38.3 Å². The average molecular weight is 307 g/mol. The fraction of sp³-hybridized carbons (Fsp3) is 0.647. The quantitative estimate of drug-likeness (QED) is 0.933. The second-order valence-electron chi connectivity index (χ2n) is 6.38. The van der Waals surface area contributed by atoms with Gasteiger partial charge in [-0.15, -0.1) is 0 Å². The molecule has 0 amide bonds. The van der Waals surface area contributed by atoms with Gasteiger partial charge in [0.15, 0.2) is 0 Å². The highest BCUT2D eigenvalue weighted by atomic mass is 32.2. The molecule has 116 valence electrons. The summed E-state index contributed by atoms with van der Waals surface area (Å²) in [5.74, 6) is 1.64. The molecule has 2 aliphatic rings. The minimum Gasteiger partial charge on any atom is -0.492 e. The lowest BCUT2D eigenvalue weighted by molar-refractivity contribution is 0.260. The Balaban J connectivity index is 1.80. The van der Waals surface area contributed by atoms with E-state index in [-0.39, 0.29) is 11.3 Å². The van der Waals surface area contributed by atoms with E-state index in [1.165, 1.54) is 12.8 Å². The van der Waals surface area contributed by atoms with Crippen LogP contribution in [0.1, 0.15) is 44.2 Å². The molecule has 21 heavy (non-hydrogen) atoms. The molecule has 4 heteroatoms. The lowest BCUT2D eigenvalue weighted by Crippen LogP contribution is -2.44. The van der Waals surface area contributed by atoms with Gasteiger partial charge in [-0.1, -0.05) is 38.0 Å². The Labute approximate surface area is 129 Å². The molecule has 1 aromatic carbocycles. The first-order valence-corrected chi connectivity index (χ1v) is 9.26. The molecule has 3 rings (SSSR count). The molecule has 0 saturated heterocycles. The van der Waals surface area contributed by atoms with Crippen molar-refractivity contribution >= 4 is 10.8 Å². The fourth-order valence-corrected chi connectivity index (χ4v) is 5.88. The normalized spacial score (nSPS) is 33.8. The van der Waals surface area contributed by atoms with Crippen molar-refractivity contribution < 1.29 is 8.95 Å². The van der Waals surface area contributed by atoms with Gasteiger partial charge in [0.05, 0.1) is 11.3 Å². The van der Waals surface area contributed by atoms with Gasteiger partial charge in [0.2, 0.25) is 0 Å². The second-order valence-corrected chi connectivity index (χ2v) is 8.31. The van der Waals surface area contributed by atoms with Crippen molar-refractivity contribution in [2.24, 2.45) is 5.92 Å². The smallest absolute Gasteiger partial charge is 0.124 e. The summed E-state index contributed by atoms with van der Waals surface area (Å²) in [6, 6.07) is 8.24. The van der Waals surface area contributed by atoms with Crippen molar-refractivity contribution in [1.29, 1.82) is 0 Å². The van der Waals surface area contributed by atoms with Crippen molar-refractivity contribution in [3.8, 4) is 5.75 Å². The van der Waals surface area contributed by atoms with Gasteiger partial charge in [0.25, 0.3) is 0 Å². The van der Waals surface area contributed by atoms with Crippen LogP contribution >= 0.6 is 0 Å². The van der Waals surface area contributed by atoms with E-state index >= 15 is 0 Å². The fourth-order valence-electron chi connectivity index (χ4n) is 3.72. The monoisotopic (exact) mass is 307 g/mol. The SMILES string of the molecule is CNC1c2ccccc2OCC1S(=O)C1CCCC(C)C1. The van der Waals surface area contributed by atoms with Crippen LogP contribution < -0.4 is 10.1 Å². The molecule has 1 N–H and O–H groups in total. The zero-order valence-corrected chi connectivity index (χ0v) is 13.7. The third kappa shape index (κ3) is 3.02. The number of para-hydroxylation sites is 1. The van der Waals surface area contributed by atoms with Crippen molar-refractivity contribution in [2.45, 2.75) is 49.1 Å². The number of ether oxygens (including phenoxy) is 1. The summed E-state index contributed by atoms with van der Waals surface area (Å²) in [6.45, 7) is 2.84. The second kappa shape index (κ2) is 6.49. The van der Waals surface area contributed by atoms with Gasteiger partial charge >= 0.3 is 0 Å². The minimum atomic E-state index is -0.838. The van der Waals surface area contributed by atoms with Gasteiger partial charge in [-0.05, 0) is 31.9 Å². The summed E-state index contributed by atoms with van der Waals surface area (Å²) < 4.78 is 18.9. The van der Waals surface area contributed by atoms with Crippen molar-refractivity contribution in [2.75, 3.05) is 13.7 Å². The predicted octanol–water partition coefficient (Wildman–Crippen LogP) is 3.04. The number of rotatable bonds is 3. The van der Waals surface area contributed by atoms with Gasteiger partial charge in [-0.25, -0.2) is 0 Å². The first-order valence-electron chi connectivity index (χ1n) is 7.99. The van der Waals surface area contributed by atoms with Crippen LogP contribution in [0.5, 0.6) is 5.75 Å². The summed E-state index contributed by atoms with van der Waals surface area (Å²) in [6.07, 6.45) is 4.70. The van der Waals surface area contributed by atoms with Crippen molar-refractivity contribution in [3.05, 3.63) is 29.8 Å². The lowest BCUT2D eigenvalue weighted by Gasteiger charge is -2.36. The highest BCUT2D eigenvalue weighted by molar-refractivity contribution is 7.86. The van der Waals surface area contributed by atoms with Crippen LogP contribution in [-0.4, -0.2) is 28.4 Å². The maximum Gasteiger partial charge on any atom is 0.124 e. The molecule has 1 heterocycles. The summed E-state index contributed by atoms with van der Waals surface area (Å²) in [5.41, 5.74) is 1.15. The molecule has 1 aliphatic carbocycles. The molecule has 1 saturated carbocycles. The van der Waals surface area contributed by atoms with Crippen LogP contribution in [0.4, 0.5) is 0 Å². The Hall–Kier alpha value is -0.870. The minimum absolute atomic E-state index is 0.0557. The average Bonchev–Trinajstić information content (AvgIpc) is 2.53. The number of fused-ring (bicyclic) bond motifs is 1. The summed E-state index contributed by atoms with van der Waals surface area (Å²) >= 11 is 0. The van der Waals surface area contributed by atoms with Gasteiger partial charge in [-0.3, -0.25) is 4.21 Å². The molecule has 5 atom stereocenters. The van der Waals surface area contributed by atoms with Crippen molar-refractivity contribution in [1.82, 2.24) is 5.32 Å². The molecule has 0 aromatic heterocycles. The molecule has 1 aliphatic heterocycles. The predicted molar refractivity (Wildman–Crippen MR) is 87.1 cm³/mol. The highest BCUT2D eigenvalue weighted by Gasteiger charge is 2.38. The van der Waals surface area contributed by atoms with Gasteiger partial charge in [-0.2, -0.15) is 0 Å². The molecular formula is C17H25NO2S. The summed E-state index contributed by atoms with van der Waals surface area (Å²) in [4.78, 5) is 0. The maximum absolute atomic E-state index is 13.1. The van der Waals surface area contributed by atoms with E-state index < -0.39 is 10.8 Å². The standard InChI is InChI=1S/C17H25NO2S/c1-12-6-5-7-13(10-12)21(19)16-11-20-15-9-4-3-8-14(15)17(16)18-2/h3-4,8-9,12-13,16-18H,5-7,10-11H2,1-2H3. The summed E-state index contributed by atoms with van der Waals surface area (Å²) in [7, 11) is 1.12. The van der Waals surface area contributed by atoms with E-state index in [9.17, 15) is 4.21 Å². The Bertz CT molecular complexity index is 519. The zero-order valence-electron chi connectivity index (χ0n) is 12.9. The number of benzene rings is 1. The Kier molecular flexibility index (Phi) is 4.65. The number of nitrogens with one attached hydrogen (secondary N) is 1. The molecule has 0 spiro atoms. The third-order valence-corrected chi connectivity index (χ3v) is 6.95. The molecular weight excluding hydrogens is 282 g/mol. The van der Waals surface area contributed by atoms with E-state index in [1.807, 2.05) is 25.2 Å². The third-order valence-electron chi connectivity index (χ3n) is 4.86. The van der Waals surface area contributed by atoms with Crippen LogP contribution in [-0.2, 0) is 10.8 Å². The Morgan fingerprint density at radius 3 is 2.86 bits per heavy atom. The van der Waals surface area contributed by atoms with E-state index in [4.69, 9.17) is 4.74 Å². The van der Waals surface area contributed by atoms with E-state index in [2.05, 4.69) is 18.3 Å². The molecule has 0 radical (unpaired) electrons. The van der Waals surface area contributed by atoms with E-state index in [0.717, 1.165) is 24.2 Å². The Morgan fingerprint density at radius 2 is 2.10 bits per heavy atom. The van der Waals surface area contributed by atoms with Crippen LogP contribution in [0, 0.1) is 5.92 Å². The molecule has 1 fully saturated rings. The van der Waals surface area contributed by atoms with Gasteiger partial charge in [0.1, 0.15) is 12.4 Å². The van der Waals surface area contributed by atoms with E-state index in [0.29, 0.717) is 17.8 Å². The van der Waals surface area contributed by atoms with Crippen LogP contribution in [0.3, 0.4) is 0 Å². The Morgan fingerprint density at radius 1 is 1.29 bits per heavy atom. The zero-order chi connectivity index (χ0) is 14.8. The molecule has 5 unspecified atom stereocenters. The van der Waals surface area contributed by atoms with E-state index in [1.54, 1.807) is 0 Å². The summed E-state index contributed by atoms with van der Waals surface area (Å²) in [5, 5.41) is 3.76. The van der Waals surface area contributed by atoms with Crippen LogP contribution in [0.15, 0.2) is 24.3 Å². The molecule has 1 aromatic rings. The lowest BCUT2D eigenvalue weighted by atomic mass is 9.90. The number of hydrogen-bond acceptors (Lipinski definition) is 3. The molecule has 3 nitrogen and oxygen atoms in total. The van der Waals surface area contributed by atoms with Crippen LogP contribution in [0.2, 0.25) is 0 Å². The van der Waals surface area contributed by atoms with Gasteiger partial charge in [0, 0.05) is 21.6 Å². The first-order chi connectivity index (χ1) is 10.2. The number of hydrogen-bond donors (Lipinski definition) is 1.